The van der Waals surface area contributed by atoms with E-state index in [9.17, 15) is 0 Å². The van der Waals surface area contributed by atoms with Crippen molar-refractivity contribution in [2.75, 3.05) is 19.5 Å². The molecule has 0 radical (unpaired) electrons. The second-order valence-electron chi connectivity index (χ2n) is 4.56. The molecule has 0 spiro atoms. The van der Waals surface area contributed by atoms with Gasteiger partial charge >= 0.3 is 0 Å². The largest absolute Gasteiger partial charge is 0.497 e. The van der Waals surface area contributed by atoms with Gasteiger partial charge in [0.15, 0.2) is 0 Å². The molecule has 0 aliphatic carbocycles. The highest BCUT2D eigenvalue weighted by Gasteiger charge is 2.13. The van der Waals surface area contributed by atoms with E-state index in [2.05, 4.69) is 4.98 Å². The number of rotatable bonds is 4. The van der Waals surface area contributed by atoms with Crippen molar-refractivity contribution in [3.8, 4) is 17.2 Å². The van der Waals surface area contributed by atoms with Crippen LogP contribution in [0, 0.1) is 0 Å². The molecule has 0 amide bonds. The molecular formula is C16H17N3O2. The van der Waals surface area contributed by atoms with Crippen LogP contribution in [0.3, 0.4) is 0 Å². The number of methoxy groups -OCH3 is 1. The summed E-state index contributed by atoms with van der Waals surface area (Å²) in [5.41, 5.74) is 8.71. The summed E-state index contributed by atoms with van der Waals surface area (Å²) in [6.07, 6.45) is 0. The van der Waals surface area contributed by atoms with Crippen LogP contribution in [0.15, 0.2) is 42.5 Å². The first kappa shape index (κ1) is 13.3. The van der Waals surface area contributed by atoms with Crippen LogP contribution in [0.1, 0.15) is 6.92 Å². The highest BCUT2D eigenvalue weighted by Crippen LogP contribution is 2.30. The van der Waals surface area contributed by atoms with Crippen LogP contribution in [0.4, 0.5) is 5.95 Å². The van der Waals surface area contributed by atoms with Crippen molar-refractivity contribution < 1.29 is 9.47 Å². The number of aromatic nitrogens is 2. The van der Waals surface area contributed by atoms with Gasteiger partial charge in [-0.2, -0.15) is 0 Å². The Hall–Kier alpha value is -2.69. The van der Waals surface area contributed by atoms with E-state index in [0.717, 1.165) is 28.2 Å². The summed E-state index contributed by atoms with van der Waals surface area (Å²) in [6.45, 7) is 2.54. The van der Waals surface area contributed by atoms with Crippen molar-refractivity contribution in [3.05, 3.63) is 42.5 Å². The van der Waals surface area contributed by atoms with Crippen LogP contribution in [0.5, 0.6) is 11.5 Å². The number of para-hydroxylation sites is 1. The van der Waals surface area contributed by atoms with Gasteiger partial charge in [-0.15, -0.1) is 0 Å². The molecule has 5 nitrogen and oxygen atoms in total. The molecule has 1 heterocycles. The minimum Gasteiger partial charge on any atom is -0.497 e. The summed E-state index contributed by atoms with van der Waals surface area (Å²) in [5.74, 6) is 1.98. The number of hydrogen-bond acceptors (Lipinski definition) is 4. The number of nitrogens with zero attached hydrogens (tertiary/aromatic N) is 2. The van der Waals surface area contributed by atoms with Crippen molar-refractivity contribution in [2.24, 2.45) is 0 Å². The number of fused-ring (bicyclic) bond motifs is 1. The van der Waals surface area contributed by atoms with Gasteiger partial charge in [-0.3, -0.25) is 4.57 Å². The summed E-state index contributed by atoms with van der Waals surface area (Å²) in [5, 5.41) is 0. The smallest absolute Gasteiger partial charge is 0.206 e. The summed E-state index contributed by atoms with van der Waals surface area (Å²) in [4.78, 5) is 4.44. The molecule has 21 heavy (non-hydrogen) atoms. The first-order chi connectivity index (χ1) is 10.2. The van der Waals surface area contributed by atoms with E-state index in [4.69, 9.17) is 15.2 Å². The maximum Gasteiger partial charge on any atom is 0.206 e. The number of nitrogens with two attached hydrogens (primary N) is 1. The maximum absolute atomic E-state index is 6.09. The Kier molecular flexibility index (Phi) is 3.39. The summed E-state index contributed by atoms with van der Waals surface area (Å²) < 4.78 is 12.7. The molecule has 0 saturated heterocycles. The van der Waals surface area contributed by atoms with E-state index in [1.807, 2.05) is 54.0 Å². The fourth-order valence-corrected chi connectivity index (χ4v) is 2.37. The molecule has 0 fully saturated rings. The Morgan fingerprint density at radius 3 is 2.57 bits per heavy atom. The van der Waals surface area contributed by atoms with Gasteiger partial charge in [-0.05, 0) is 43.3 Å². The van der Waals surface area contributed by atoms with Crippen LogP contribution in [0.25, 0.3) is 16.7 Å². The lowest BCUT2D eigenvalue weighted by Crippen LogP contribution is -2.00. The standard InChI is InChI=1S/C16H17N3O2/c1-3-21-14-6-4-5-13-15(14)18-16(17)19(13)11-7-9-12(20-2)10-8-11/h4-10H,3H2,1-2H3,(H2,17,18). The monoisotopic (exact) mass is 283 g/mol. The number of imidazole rings is 1. The average molecular weight is 283 g/mol. The second-order valence-corrected chi connectivity index (χ2v) is 4.56. The lowest BCUT2D eigenvalue weighted by Gasteiger charge is -2.08. The Balaban J connectivity index is 2.17. The van der Waals surface area contributed by atoms with E-state index in [-0.39, 0.29) is 0 Å². The molecular weight excluding hydrogens is 266 g/mol. The molecule has 0 bridgehead atoms. The Labute approximate surface area is 122 Å². The Morgan fingerprint density at radius 1 is 1.14 bits per heavy atom. The SMILES string of the molecule is CCOc1cccc2c1nc(N)n2-c1ccc(OC)cc1. The predicted molar refractivity (Wildman–Crippen MR) is 83.2 cm³/mol. The quantitative estimate of drug-likeness (QED) is 0.799. The molecule has 0 unspecified atom stereocenters. The zero-order valence-electron chi connectivity index (χ0n) is 12.0. The van der Waals surface area contributed by atoms with Gasteiger partial charge in [0.1, 0.15) is 17.0 Å². The number of anilines is 1. The minimum absolute atomic E-state index is 0.433. The molecule has 3 aromatic rings. The van der Waals surface area contributed by atoms with Gasteiger partial charge < -0.3 is 15.2 Å². The number of hydrogen-bond donors (Lipinski definition) is 1. The third kappa shape index (κ3) is 2.27. The van der Waals surface area contributed by atoms with E-state index < -0.39 is 0 Å². The lowest BCUT2D eigenvalue weighted by molar-refractivity contribution is 0.344. The van der Waals surface area contributed by atoms with Crippen LogP contribution in [0.2, 0.25) is 0 Å². The van der Waals surface area contributed by atoms with Crippen LogP contribution in [-0.2, 0) is 0 Å². The van der Waals surface area contributed by atoms with Gasteiger partial charge in [-0.25, -0.2) is 4.98 Å². The van der Waals surface area contributed by atoms with E-state index >= 15 is 0 Å². The van der Waals surface area contributed by atoms with E-state index in [1.165, 1.54) is 0 Å². The van der Waals surface area contributed by atoms with Crippen LogP contribution >= 0.6 is 0 Å². The molecule has 0 saturated carbocycles. The number of ether oxygens (including phenoxy) is 2. The van der Waals surface area contributed by atoms with E-state index in [0.29, 0.717) is 12.6 Å². The first-order valence-corrected chi connectivity index (χ1v) is 6.78. The third-order valence-electron chi connectivity index (χ3n) is 3.30. The van der Waals surface area contributed by atoms with Gasteiger partial charge in [0.05, 0.1) is 19.2 Å². The van der Waals surface area contributed by atoms with Crippen molar-refractivity contribution >= 4 is 17.0 Å². The fourth-order valence-electron chi connectivity index (χ4n) is 2.37. The van der Waals surface area contributed by atoms with Crippen molar-refractivity contribution in [1.82, 2.24) is 9.55 Å². The molecule has 108 valence electrons. The molecule has 0 aliphatic heterocycles. The zero-order valence-corrected chi connectivity index (χ0v) is 12.0. The molecule has 5 heteroatoms. The van der Waals surface area contributed by atoms with E-state index in [1.54, 1.807) is 7.11 Å². The number of benzene rings is 2. The van der Waals surface area contributed by atoms with Crippen molar-refractivity contribution in [1.29, 1.82) is 0 Å². The zero-order chi connectivity index (χ0) is 14.8. The van der Waals surface area contributed by atoms with Crippen molar-refractivity contribution in [2.45, 2.75) is 6.92 Å². The average Bonchev–Trinajstić information content (AvgIpc) is 2.85. The highest BCUT2D eigenvalue weighted by molar-refractivity contribution is 5.86. The number of nitrogen functional groups attached to an aromatic ring is 1. The third-order valence-corrected chi connectivity index (χ3v) is 3.30. The summed E-state index contributed by atoms with van der Waals surface area (Å²) in [6, 6.07) is 13.5. The summed E-state index contributed by atoms with van der Waals surface area (Å²) >= 11 is 0. The normalized spacial score (nSPS) is 10.8. The topological polar surface area (TPSA) is 62.3 Å². The second kappa shape index (κ2) is 5.36. The van der Waals surface area contributed by atoms with Gasteiger partial charge in [-0.1, -0.05) is 6.07 Å². The van der Waals surface area contributed by atoms with Crippen LogP contribution in [-0.4, -0.2) is 23.3 Å². The molecule has 0 atom stereocenters. The molecule has 3 rings (SSSR count). The fraction of sp³-hybridized carbons (Fsp3) is 0.188. The predicted octanol–water partition coefficient (Wildman–Crippen LogP) is 3.02. The minimum atomic E-state index is 0.433. The molecule has 2 aromatic carbocycles. The van der Waals surface area contributed by atoms with Gasteiger partial charge in [0.25, 0.3) is 0 Å². The van der Waals surface area contributed by atoms with Crippen LogP contribution < -0.4 is 15.2 Å². The maximum atomic E-state index is 6.09. The van der Waals surface area contributed by atoms with Gasteiger partial charge in [0.2, 0.25) is 5.95 Å². The molecule has 0 aliphatic rings. The lowest BCUT2D eigenvalue weighted by atomic mass is 10.2. The summed E-state index contributed by atoms with van der Waals surface area (Å²) in [7, 11) is 1.64. The first-order valence-electron chi connectivity index (χ1n) is 6.78. The Morgan fingerprint density at radius 2 is 1.90 bits per heavy atom. The highest BCUT2D eigenvalue weighted by atomic mass is 16.5. The molecule has 2 N–H and O–H groups in total. The molecule has 1 aromatic heterocycles. The van der Waals surface area contributed by atoms with Crippen molar-refractivity contribution in [3.63, 3.8) is 0 Å². The Bertz CT molecular complexity index is 763. The van der Waals surface area contributed by atoms with Gasteiger partial charge in [0, 0.05) is 5.69 Å².